The van der Waals surface area contributed by atoms with E-state index < -0.39 is 10.0 Å². The molecule has 0 saturated carbocycles. The number of rotatable bonds is 4. The van der Waals surface area contributed by atoms with Gasteiger partial charge in [-0.2, -0.15) is 0 Å². The molecule has 1 atom stereocenters. The van der Waals surface area contributed by atoms with Crippen LogP contribution in [0.4, 0.5) is 0 Å². The van der Waals surface area contributed by atoms with E-state index >= 15 is 0 Å². The average molecular weight is 312 g/mol. The van der Waals surface area contributed by atoms with Gasteiger partial charge in [-0.15, -0.1) is 0 Å². The molecule has 6 nitrogen and oxygen atoms in total. The van der Waals surface area contributed by atoms with Crippen LogP contribution in [0.15, 0.2) is 29.2 Å². The van der Waals surface area contributed by atoms with Crippen molar-refractivity contribution in [2.75, 3.05) is 19.7 Å². The molecule has 1 aliphatic rings. The van der Waals surface area contributed by atoms with E-state index in [1.807, 2.05) is 6.92 Å². The molecule has 1 aliphatic heterocycles. The number of nitrogens with zero attached hydrogens (tertiary/aromatic N) is 1. The molecule has 0 aromatic heterocycles. The van der Waals surface area contributed by atoms with Gasteiger partial charge >= 0.3 is 0 Å². The highest BCUT2D eigenvalue weighted by atomic mass is 32.2. The van der Waals surface area contributed by atoms with Crippen molar-refractivity contribution in [1.29, 1.82) is 0 Å². The van der Waals surface area contributed by atoms with Gasteiger partial charge in [-0.3, -0.25) is 4.79 Å². The molecule has 0 spiro atoms. The molecule has 7 heteroatoms. The number of carbonyl (C=O) groups excluding carboxylic acids is 1. The van der Waals surface area contributed by atoms with Crippen LogP contribution in [0.3, 0.4) is 0 Å². The molecular weight excluding hydrogens is 292 g/mol. The average Bonchev–Trinajstić information content (AvgIpc) is 2.46. The first-order valence-electron chi connectivity index (χ1n) is 6.96. The monoisotopic (exact) mass is 312 g/mol. The van der Waals surface area contributed by atoms with E-state index in [1.54, 1.807) is 17.0 Å². The van der Waals surface area contributed by atoms with Gasteiger partial charge in [0.15, 0.2) is 0 Å². The van der Waals surface area contributed by atoms with E-state index in [2.05, 4.69) is 0 Å². The van der Waals surface area contributed by atoms with Crippen molar-refractivity contribution in [3.63, 3.8) is 0 Å². The standard InChI is InChI=1S/C14H20N2O4S/c1-2-20-11-6-5-9-16(10-11)14(17)12-7-3-4-8-13(12)21(15,18)19/h3-4,7-8,11H,2,5-6,9-10H2,1H3,(H2,15,18,19). The fourth-order valence-corrected chi connectivity index (χ4v) is 3.29. The minimum absolute atomic E-state index is 0.00865. The van der Waals surface area contributed by atoms with E-state index in [0.29, 0.717) is 19.7 Å². The first-order valence-corrected chi connectivity index (χ1v) is 8.50. The number of ether oxygens (including phenoxy) is 1. The Balaban J connectivity index is 2.24. The zero-order valence-corrected chi connectivity index (χ0v) is 12.8. The zero-order valence-electron chi connectivity index (χ0n) is 12.0. The van der Waals surface area contributed by atoms with Gasteiger partial charge in [-0.05, 0) is 31.9 Å². The van der Waals surface area contributed by atoms with Crippen molar-refractivity contribution in [2.24, 2.45) is 5.14 Å². The van der Waals surface area contributed by atoms with Crippen LogP contribution in [-0.4, -0.2) is 45.0 Å². The van der Waals surface area contributed by atoms with Crippen molar-refractivity contribution < 1.29 is 17.9 Å². The van der Waals surface area contributed by atoms with Crippen molar-refractivity contribution in [3.05, 3.63) is 29.8 Å². The second kappa shape index (κ2) is 6.55. The van der Waals surface area contributed by atoms with E-state index in [1.165, 1.54) is 12.1 Å². The Hall–Kier alpha value is -1.44. The third-order valence-corrected chi connectivity index (χ3v) is 4.46. The van der Waals surface area contributed by atoms with Crippen LogP contribution in [0.25, 0.3) is 0 Å². The van der Waals surface area contributed by atoms with Gasteiger partial charge in [-0.25, -0.2) is 13.6 Å². The van der Waals surface area contributed by atoms with Crippen LogP contribution in [0.2, 0.25) is 0 Å². The molecule has 1 unspecified atom stereocenters. The topological polar surface area (TPSA) is 89.7 Å². The Labute approximate surface area is 124 Å². The SMILES string of the molecule is CCOC1CCCN(C(=O)c2ccccc2S(N)(=O)=O)C1. The summed E-state index contributed by atoms with van der Waals surface area (Å²) in [6, 6.07) is 6.03. The molecule has 1 fully saturated rings. The molecule has 1 heterocycles. The fourth-order valence-electron chi connectivity index (χ4n) is 2.56. The van der Waals surface area contributed by atoms with Crippen LogP contribution >= 0.6 is 0 Å². The van der Waals surface area contributed by atoms with Gasteiger partial charge in [0.1, 0.15) is 0 Å². The van der Waals surface area contributed by atoms with Crippen molar-refractivity contribution in [2.45, 2.75) is 30.8 Å². The summed E-state index contributed by atoms with van der Waals surface area (Å²) in [6.45, 7) is 3.59. The number of hydrogen-bond donors (Lipinski definition) is 1. The summed E-state index contributed by atoms with van der Waals surface area (Å²) in [5.74, 6) is -0.316. The van der Waals surface area contributed by atoms with Gasteiger partial charge in [0, 0.05) is 19.7 Å². The maximum Gasteiger partial charge on any atom is 0.255 e. The summed E-state index contributed by atoms with van der Waals surface area (Å²) in [5.41, 5.74) is 0.122. The summed E-state index contributed by atoms with van der Waals surface area (Å²) >= 11 is 0. The van der Waals surface area contributed by atoms with Gasteiger partial charge in [0.05, 0.1) is 16.6 Å². The number of carbonyl (C=O) groups is 1. The van der Waals surface area contributed by atoms with Crippen LogP contribution in [-0.2, 0) is 14.8 Å². The number of benzene rings is 1. The van der Waals surface area contributed by atoms with Crippen LogP contribution in [0.1, 0.15) is 30.1 Å². The molecule has 2 N–H and O–H groups in total. The highest BCUT2D eigenvalue weighted by Crippen LogP contribution is 2.20. The molecule has 0 aliphatic carbocycles. The number of likely N-dealkylation sites (tertiary alicyclic amines) is 1. The van der Waals surface area contributed by atoms with E-state index in [0.717, 1.165) is 12.8 Å². The number of amides is 1. The zero-order chi connectivity index (χ0) is 15.5. The van der Waals surface area contributed by atoms with Crippen molar-refractivity contribution in [3.8, 4) is 0 Å². The van der Waals surface area contributed by atoms with Gasteiger partial charge in [0.2, 0.25) is 10.0 Å². The second-order valence-corrected chi connectivity index (χ2v) is 6.54. The second-order valence-electron chi connectivity index (χ2n) is 5.01. The summed E-state index contributed by atoms with van der Waals surface area (Å²) in [5, 5.41) is 5.18. The van der Waals surface area contributed by atoms with Crippen LogP contribution < -0.4 is 5.14 Å². The maximum absolute atomic E-state index is 12.6. The lowest BCUT2D eigenvalue weighted by atomic mass is 10.1. The summed E-state index contributed by atoms with van der Waals surface area (Å²) < 4.78 is 28.7. The molecule has 1 aromatic carbocycles. The lowest BCUT2D eigenvalue weighted by Gasteiger charge is -2.32. The number of hydrogen-bond acceptors (Lipinski definition) is 4. The Morgan fingerprint density at radius 3 is 2.81 bits per heavy atom. The lowest BCUT2D eigenvalue weighted by molar-refractivity contribution is 0.00711. The largest absolute Gasteiger partial charge is 0.377 e. The third kappa shape index (κ3) is 3.81. The molecule has 2 rings (SSSR count). The van der Waals surface area contributed by atoms with Gasteiger partial charge in [-0.1, -0.05) is 12.1 Å². The highest BCUT2D eigenvalue weighted by Gasteiger charge is 2.27. The Morgan fingerprint density at radius 1 is 1.43 bits per heavy atom. The minimum atomic E-state index is -3.92. The lowest BCUT2D eigenvalue weighted by Crippen LogP contribution is -2.43. The molecule has 0 radical (unpaired) electrons. The number of primary sulfonamides is 1. The normalized spacial score (nSPS) is 19.5. The third-order valence-electron chi connectivity index (χ3n) is 3.49. The van der Waals surface area contributed by atoms with Crippen molar-refractivity contribution in [1.82, 2.24) is 4.90 Å². The smallest absolute Gasteiger partial charge is 0.255 e. The molecule has 0 bridgehead atoms. The van der Waals surface area contributed by atoms with Crippen LogP contribution in [0, 0.1) is 0 Å². The minimum Gasteiger partial charge on any atom is -0.377 e. The summed E-state index contributed by atoms with van der Waals surface area (Å²) in [7, 11) is -3.92. The first-order chi connectivity index (χ1) is 9.93. The quantitative estimate of drug-likeness (QED) is 0.897. The number of sulfonamides is 1. The predicted octanol–water partition coefficient (Wildman–Crippen LogP) is 0.975. The Bertz CT molecular complexity index is 613. The number of piperidine rings is 1. The molecule has 21 heavy (non-hydrogen) atoms. The molecule has 1 aromatic rings. The first kappa shape index (κ1) is 15.9. The predicted molar refractivity (Wildman–Crippen MR) is 78.4 cm³/mol. The Morgan fingerprint density at radius 2 is 2.14 bits per heavy atom. The molecule has 1 saturated heterocycles. The fraction of sp³-hybridized carbons (Fsp3) is 0.500. The summed E-state index contributed by atoms with van der Waals surface area (Å²) in [6.07, 6.45) is 1.76. The highest BCUT2D eigenvalue weighted by molar-refractivity contribution is 7.89. The van der Waals surface area contributed by atoms with E-state index in [9.17, 15) is 13.2 Å². The van der Waals surface area contributed by atoms with Gasteiger partial charge < -0.3 is 9.64 Å². The molecule has 116 valence electrons. The Kier molecular flexibility index (Phi) is 4.97. The van der Waals surface area contributed by atoms with Crippen molar-refractivity contribution >= 4 is 15.9 Å². The van der Waals surface area contributed by atoms with E-state index in [-0.39, 0.29) is 22.5 Å². The van der Waals surface area contributed by atoms with E-state index in [4.69, 9.17) is 9.88 Å². The van der Waals surface area contributed by atoms with Crippen LogP contribution in [0.5, 0.6) is 0 Å². The number of nitrogens with two attached hydrogens (primary N) is 1. The van der Waals surface area contributed by atoms with Gasteiger partial charge in [0.25, 0.3) is 5.91 Å². The molecule has 1 amide bonds. The summed E-state index contributed by atoms with van der Waals surface area (Å²) in [4.78, 5) is 14.1. The maximum atomic E-state index is 12.6. The molecular formula is C14H20N2O4S.